The second-order valence-electron chi connectivity index (χ2n) is 5.01. The normalized spacial score (nSPS) is 12.8. The number of rotatable bonds is 6. The molecule has 1 rings (SSSR count). The van der Waals surface area contributed by atoms with Crippen LogP contribution in [0.2, 0.25) is 5.02 Å². The molecule has 0 aromatic heterocycles. The van der Waals surface area contributed by atoms with Gasteiger partial charge in [0.15, 0.2) is 9.84 Å². The fourth-order valence-corrected chi connectivity index (χ4v) is 3.01. The molecular weight excluding hydrogens is 312 g/mol. The highest BCUT2D eigenvalue weighted by molar-refractivity contribution is 7.91. The van der Waals surface area contributed by atoms with Crippen molar-refractivity contribution in [1.82, 2.24) is 10.6 Å². The molecule has 2 amide bonds. The van der Waals surface area contributed by atoms with Crippen LogP contribution in [-0.2, 0) is 16.4 Å². The van der Waals surface area contributed by atoms with E-state index in [9.17, 15) is 13.2 Å². The van der Waals surface area contributed by atoms with Gasteiger partial charge in [-0.25, -0.2) is 13.2 Å². The molecule has 21 heavy (non-hydrogen) atoms. The zero-order chi connectivity index (χ0) is 16.0. The third-order valence-corrected chi connectivity index (χ3v) is 5.31. The van der Waals surface area contributed by atoms with Crippen molar-refractivity contribution in [2.24, 2.45) is 0 Å². The van der Waals surface area contributed by atoms with Crippen molar-refractivity contribution in [3.05, 3.63) is 34.3 Å². The van der Waals surface area contributed by atoms with Gasteiger partial charge in [-0.1, -0.05) is 30.7 Å². The summed E-state index contributed by atoms with van der Waals surface area (Å²) < 4.78 is 22.9. The van der Waals surface area contributed by atoms with Crippen molar-refractivity contribution in [3.8, 4) is 0 Å². The van der Waals surface area contributed by atoms with Crippen LogP contribution in [-0.4, -0.2) is 32.0 Å². The van der Waals surface area contributed by atoms with Gasteiger partial charge in [0, 0.05) is 23.4 Å². The second-order valence-corrected chi connectivity index (χ2v) is 7.82. The number of hydrogen-bond acceptors (Lipinski definition) is 3. The number of amides is 2. The number of hydrogen-bond donors (Lipinski definition) is 2. The van der Waals surface area contributed by atoms with Crippen LogP contribution in [0.4, 0.5) is 4.79 Å². The highest BCUT2D eigenvalue weighted by Crippen LogP contribution is 2.15. The number of aryl methyl sites for hydroxylation is 1. The highest BCUT2D eigenvalue weighted by Gasteiger charge is 2.15. The van der Waals surface area contributed by atoms with E-state index in [1.165, 1.54) is 0 Å². The van der Waals surface area contributed by atoms with Crippen molar-refractivity contribution >= 4 is 27.5 Å². The van der Waals surface area contributed by atoms with E-state index < -0.39 is 15.9 Å². The molecule has 1 aromatic carbocycles. The Morgan fingerprint density at radius 3 is 2.62 bits per heavy atom. The van der Waals surface area contributed by atoms with E-state index in [1.54, 1.807) is 19.9 Å². The fraction of sp³-hybridized carbons (Fsp3) is 0.500. The van der Waals surface area contributed by atoms with Crippen LogP contribution in [0.25, 0.3) is 0 Å². The van der Waals surface area contributed by atoms with Gasteiger partial charge in [-0.3, -0.25) is 0 Å². The number of urea groups is 1. The Morgan fingerprint density at radius 2 is 2.05 bits per heavy atom. The first-order chi connectivity index (χ1) is 9.73. The quantitative estimate of drug-likeness (QED) is 0.839. The van der Waals surface area contributed by atoms with Gasteiger partial charge >= 0.3 is 6.03 Å². The standard InChI is InChI=1S/C14H21ClN2O3S/c1-4-21(19,20)9-11(3)17-14(18)16-8-12-5-6-13(15)10(2)7-12/h5-7,11H,4,8-9H2,1-3H3,(H2,16,17,18)/t11-/m1/s1. The van der Waals surface area contributed by atoms with Crippen molar-refractivity contribution in [3.63, 3.8) is 0 Å². The number of nitrogens with one attached hydrogen (secondary N) is 2. The predicted octanol–water partition coefficient (Wildman–Crippen LogP) is 2.27. The van der Waals surface area contributed by atoms with E-state index in [0.717, 1.165) is 11.1 Å². The van der Waals surface area contributed by atoms with Gasteiger partial charge in [-0.15, -0.1) is 0 Å². The van der Waals surface area contributed by atoms with E-state index in [1.807, 2.05) is 19.1 Å². The Balaban J connectivity index is 2.45. The summed E-state index contributed by atoms with van der Waals surface area (Å²) in [6.07, 6.45) is 0. The predicted molar refractivity (Wildman–Crippen MR) is 85.4 cm³/mol. The van der Waals surface area contributed by atoms with Crippen molar-refractivity contribution in [2.45, 2.75) is 33.4 Å². The first-order valence-electron chi connectivity index (χ1n) is 6.73. The van der Waals surface area contributed by atoms with Gasteiger partial charge in [0.05, 0.1) is 5.75 Å². The zero-order valence-electron chi connectivity index (χ0n) is 12.4. The van der Waals surface area contributed by atoms with E-state index in [2.05, 4.69) is 10.6 Å². The van der Waals surface area contributed by atoms with Gasteiger partial charge < -0.3 is 10.6 Å². The number of carbonyl (C=O) groups excluding carboxylic acids is 1. The van der Waals surface area contributed by atoms with Gasteiger partial charge in [0.1, 0.15) is 0 Å². The SMILES string of the molecule is CCS(=O)(=O)C[C@@H](C)NC(=O)NCc1ccc(Cl)c(C)c1. The lowest BCUT2D eigenvalue weighted by molar-refractivity contribution is 0.238. The molecule has 0 radical (unpaired) electrons. The van der Waals surface area contributed by atoms with Gasteiger partial charge in [-0.05, 0) is 31.0 Å². The fourth-order valence-electron chi connectivity index (χ4n) is 1.81. The lowest BCUT2D eigenvalue weighted by Crippen LogP contribution is -2.43. The van der Waals surface area contributed by atoms with Crippen molar-refractivity contribution < 1.29 is 13.2 Å². The molecule has 0 heterocycles. The lowest BCUT2D eigenvalue weighted by atomic mass is 10.1. The molecule has 118 valence electrons. The van der Waals surface area contributed by atoms with Crippen LogP contribution in [0.15, 0.2) is 18.2 Å². The van der Waals surface area contributed by atoms with Crippen LogP contribution < -0.4 is 10.6 Å². The molecule has 2 N–H and O–H groups in total. The minimum Gasteiger partial charge on any atom is -0.335 e. The molecule has 0 aliphatic rings. The van der Waals surface area contributed by atoms with Crippen molar-refractivity contribution in [1.29, 1.82) is 0 Å². The maximum absolute atomic E-state index is 11.7. The second kappa shape index (κ2) is 7.66. The highest BCUT2D eigenvalue weighted by atomic mass is 35.5. The third-order valence-electron chi connectivity index (χ3n) is 3.00. The molecule has 0 spiro atoms. The zero-order valence-corrected chi connectivity index (χ0v) is 14.0. The maximum atomic E-state index is 11.7. The average Bonchev–Trinajstić information content (AvgIpc) is 2.39. The van der Waals surface area contributed by atoms with E-state index >= 15 is 0 Å². The van der Waals surface area contributed by atoms with Gasteiger partial charge in [-0.2, -0.15) is 0 Å². The molecule has 7 heteroatoms. The summed E-state index contributed by atoms with van der Waals surface area (Å²) >= 11 is 5.93. The minimum absolute atomic E-state index is 0.0586. The summed E-state index contributed by atoms with van der Waals surface area (Å²) in [4.78, 5) is 11.7. The molecule has 5 nitrogen and oxygen atoms in total. The Morgan fingerprint density at radius 1 is 1.38 bits per heavy atom. The first-order valence-corrected chi connectivity index (χ1v) is 8.93. The maximum Gasteiger partial charge on any atom is 0.315 e. The molecule has 0 fully saturated rings. The Labute approximate surface area is 131 Å². The van der Waals surface area contributed by atoms with Crippen LogP contribution in [0.1, 0.15) is 25.0 Å². The van der Waals surface area contributed by atoms with E-state index in [0.29, 0.717) is 11.6 Å². The molecule has 0 aliphatic carbocycles. The van der Waals surface area contributed by atoms with Crippen LogP contribution in [0, 0.1) is 6.92 Å². The lowest BCUT2D eigenvalue weighted by Gasteiger charge is -2.14. The molecular formula is C14H21ClN2O3S. The number of sulfone groups is 1. The largest absolute Gasteiger partial charge is 0.335 e. The first kappa shape index (κ1) is 17.8. The number of carbonyl (C=O) groups is 1. The summed E-state index contributed by atoms with van der Waals surface area (Å²) in [5.41, 5.74) is 1.87. The summed E-state index contributed by atoms with van der Waals surface area (Å²) in [7, 11) is -3.10. The Kier molecular flexibility index (Phi) is 6.48. The molecule has 0 bridgehead atoms. The van der Waals surface area contributed by atoms with E-state index in [4.69, 9.17) is 11.6 Å². The summed E-state index contributed by atoms with van der Waals surface area (Å²) in [6.45, 7) is 5.50. The van der Waals surface area contributed by atoms with Gasteiger partial charge in [0.2, 0.25) is 0 Å². The van der Waals surface area contributed by atoms with Crippen LogP contribution in [0.3, 0.4) is 0 Å². The minimum atomic E-state index is -3.10. The molecule has 0 saturated heterocycles. The van der Waals surface area contributed by atoms with Gasteiger partial charge in [0.25, 0.3) is 0 Å². The molecule has 0 unspecified atom stereocenters. The van der Waals surface area contributed by atoms with E-state index in [-0.39, 0.29) is 17.5 Å². The topological polar surface area (TPSA) is 75.3 Å². The average molecular weight is 333 g/mol. The van der Waals surface area contributed by atoms with Crippen molar-refractivity contribution in [2.75, 3.05) is 11.5 Å². The number of halogens is 1. The van der Waals surface area contributed by atoms with Crippen LogP contribution >= 0.6 is 11.6 Å². The Hall–Kier alpha value is -1.27. The van der Waals surface area contributed by atoms with Crippen LogP contribution in [0.5, 0.6) is 0 Å². The monoisotopic (exact) mass is 332 g/mol. The summed E-state index contributed by atoms with van der Waals surface area (Å²) in [5, 5.41) is 5.99. The number of benzene rings is 1. The molecule has 0 aliphatic heterocycles. The smallest absolute Gasteiger partial charge is 0.315 e. The Bertz CT molecular complexity index is 602. The summed E-state index contributed by atoms with van der Waals surface area (Å²) in [6, 6.07) is 4.69. The molecule has 1 atom stereocenters. The molecule has 0 saturated carbocycles. The third kappa shape index (κ3) is 6.35. The summed E-state index contributed by atoms with van der Waals surface area (Å²) in [5.74, 6) is 0.0155. The molecule has 1 aromatic rings.